The maximum absolute atomic E-state index is 13.2. The lowest BCUT2D eigenvalue weighted by molar-refractivity contribution is 0.182. The van der Waals surface area contributed by atoms with Crippen LogP contribution in [0, 0.1) is 5.82 Å². The number of hydrogen-bond donors (Lipinski definition) is 1. The van der Waals surface area contributed by atoms with Gasteiger partial charge in [0.2, 0.25) is 0 Å². The molecule has 0 spiro atoms. The van der Waals surface area contributed by atoms with Gasteiger partial charge < -0.3 is 5.11 Å². The Balaban J connectivity index is 1.80. The van der Waals surface area contributed by atoms with Crippen LogP contribution in [0.5, 0.6) is 0 Å². The van der Waals surface area contributed by atoms with Crippen molar-refractivity contribution in [3.63, 3.8) is 0 Å². The Morgan fingerprint density at radius 2 is 2.16 bits per heavy atom. The average Bonchev–Trinajstić information content (AvgIpc) is 2.94. The van der Waals surface area contributed by atoms with E-state index in [9.17, 15) is 9.50 Å². The van der Waals surface area contributed by atoms with Crippen LogP contribution in [0.4, 0.5) is 4.39 Å². The van der Waals surface area contributed by atoms with Crippen LogP contribution in [0.1, 0.15) is 33.4 Å². The highest BCUT2D eigenvalue weighted by atomic mass is 35.5. The molecule has 4 heteroatoms. The molecule has 0 aliphatic heterocycles. The Morgan fingerprint density at radius 1 is 1.32 bits per heavy atom. The minimum Gasteiger partial charge on any atom is -0.387 e. The highest BCUT2D eigenvalue weighted by molar-refractivity contribution is 7.12. The zero-order valence-electron chi connectivity index (χ0n) is 10.3. The number of halogens is 2. The highest BCUT2D eigenvalue weighted by Gasteiger charge is 2.19. The maximum Gasteiger partial charge on any atom is 0.123 e. The molecular weight excluding hydrogens is 283 g/mol. The molecule has 0 radical (unpaired) electrons. The van der Waals surface area contributed by atoms with Gasteiger partial charge >= 0.3 is 0 Å². The molecule has 1 heterocycles. The Morgan fingerprint density at radius 3 is 2.95 bits per heavy atom. The largest absolute Gasteiger partial charge is 0.387 e. The zero-order valence-corrected chi connectivity index (χ0v) is 11.9. The minimum atomic E-state index is -0.602. The molecule has 0 fully saturated rings. The van der Waals surface area contributed by atoms with Crippen molar-refractivity contribution in [1.29, 1.82) is 0 Å². The SMILES string of the molecule is OC(Cc1cc(F)ccc1Cl)c1cc2c(s1)CCC2. The van der Waals surface area contributed by atoms with Gasteiger partial charge in [-0.2, -0.15) is 0 Å². The molecule has 1 aromatic heterocycles. The Hall–Kier alpha value is -0.900. The van der Waals surface area contributed by atoms with E-state index in [2.05, 4.69) is 6.07 Å². The van der Waals surface area contributed by atoms with Crippen molar-refractivity contribution >= 4 is 22.9 Å². The fourth-order valence-corrected chi connectivity index (χ4v) is 3.96. The fourth-order valence-electron chi connectivity index (χ4n) is 2.52. The van der Waals surface area contributed by atoms with Crippen LogP contribution >= 0.6 is 22.9 Å². The molecule has 1 aliphatic rings. The van der Waals surface area contributed by atoms with Gasteiger partial charge in [0.05, 0.1) is 6.10 Å². The maximum atomic E-state index is 13.2. The highest BCUT2D eigenvalue weighted by Crippen LogP contribution is 2.35. The number of aliphatic hydroxyl groups excluding tert-OH is 1. The first kappa shape index (κ1) is 13.1. The zero-order chi connectivity index (χ0) is 13.4. The second-order valence-corrected chi connectivity index (χ2v) is 6.48. The smallest absolute Gasteiger partial charge is 0.123 e. The molecule has 1 aliphatic carbocycles. The number of aliphatic hydroxyl groups is 1. The quantitative estimate of drug-likeness (QED) is 0.895. The molecule has 1 aromatic carbocycles. The summed E-state index contributed by atoms with van der Waals surface area (Å²) in [4.78, 5) is 2.35. The lowest BCUT2D eigenvalue weighted by Gasteiger charge is -2.10. The summed E-state index contributed by atoms with van der Waals surface area (Å²) in [6.07, 6.45) is 3.20. The molecule has 100 valence electrons. The summed E-state index contributed by atoms with van der Waals surface area (Å²) in [6.45, 7) is 0. The van der Waals surface area contributed by atoms with E-state index < -0.39 is 6.10 Å². The number of hydrogen-bond acceptors (Lipinski definition) is 2. The summed E-state index contributed by atoms with van der Waals surface area (Å²) in [6, 6.07) is 6.35. The van der Waals surface area contributed by atoms with E-state index in [0.717, 1.165) is 17.7 Å². The van der Waals surface area contributed by atoms with E-state index in [0.29, 0.717) is 17.0 Å². The number of fused-ring (bicyclic) bond motifs is 1. The second-order valence-electron chi connectivity index (χ2n) is 4.91. The first-order valence-electron chi connectivity index (χ1n) is 6.37. The van der Waals surface area contributed by atoms with Crippen LogP contribution < -0.4 is 0 Å². The standard InChI is InChI=1S/C15H14ClFOS/c16-12-5-4-11(17)6-10(12)7-13(18)15-8-9-2-1-3-14(9)19-15/h4-6,8,13,18H,1-3,7H2. The second kappa shape index (κ2) is 5.23. The van der Waals surface area contributed by atoms with E-state index in [1.807, 2.05) is 0 Å². The summed E-state index contributed by atoms with van der Waals surface area (Å²) in [7, 11) is 0. The van der Waals surface area contributed by atoms with Gasteiger partial charge in [-0.05, 0) is 54.7 Å². The summed E-state index contributed by atoms with van der Waals surface area (Å²) < 4.78 is 13.2. The van der Waals surface area contributed by atoms with Crippen molar-refractivity contribution in [3.8, 4) is 0 Å². The van der Waals surface area contributed by atoms with E-state index in [1.165, 1.54) is 35.1 Å². The van der Waals surface area contributed by atoms with Gasteiger partial charge in [-0.1, -0.05) is 11.6 Å². The van der Waals surface area contributed by atoms with Crippen LogP contribution in [0.3, 0.4) is 0 Å². The summed E-state index contributed by atoms with van der Waals surface area (Å²) >= 11 is 7.70. The minimum absolute atomic E-state index is 0.319. The van der Waals surface area contributed by atoms with Crippen molar-refractivity contribution < 1.29 is 9.50 Å². The van der Waals surface area contributed by atoms with Gasteiger partial charge in [-0.3, -0.25) is 0 Å². The van der Waals surface area contributed by atoms with Gasteiger partial charge in [-0.15, -0.1) is 11.3 Å². The van der Waals surface area contributed by atoms with E-state index >= 15 is 0 Å². The lowest BCUT2D eigenvalue weighted by atomic mass is 10.1. The van der Waals surface area contributed by atoms with Crippen LogP contribution in [0.25, 0.3) is 0 Å². The molecule has 1 nitrogen and oxygen atoms in total. The molecule has 0 saturated carbocycles. The Labute approximate surface area is 120 Å². The number of thiophene rings is 1. The van der Waals surface area contributed by atoms with Gasteiger partial charge in [0, 0.05) is 21.2 Å². The molecule has 0 bridgehead atoms. The van der Waals surface area contributed by atoms with Crippen molar-refractivity contribution in [2.45, 2.75) is 31.8 Å². The van der Waals surface area contributed by atoms with Gasteiger partial charge in [0.25, 0.3) is 0 Å². The average molecular weight is 297 g/mol. The predicted molar refractivity (Wildman–Crippen MR) is 76.4 cm³/mol. The summed E-state index contributed by atoms with van der Waals surface area (Å²) in [5, 5.41) is 10.8. The van der Waals surface area contributed by atoms with Crippen molar-refractivity contribution in [1.82, 2.24) is 0 Å². The van der Waals surface area contributed by atoms with E-state index in [-0.39, 0.29) is 5.82 Å². The third-order valence-electron chi connectivity index (χ3n) is 3.52. The first-order chi connectivity index (χ1) is 9.13. The molecule has 0 saturated heterocycles. The normalized spacial score (nSPS) is 15.5. The third-order valence-corrected chi connectivity index (χ3v) is 5.22. The van der Waals surface area contributed by atoms with Gasteiger partial charge in [0.1, 0.15) is 5.82 Å². The molecule has 1 unspecified atom stereocenters. The summed E-state index contributed by atoms with van der Waals surface area (Å²) in [5.74, 6) is -0.319. The third kappa shape index (κ3) is 2.69. The fraction of sp³-hybridized carbons (Fsp3) is 0.333. The van der Waals surface area contributed by atoms with Crippen molar-refractivity contribution in [2.24, 2.45) is 0 Å². The van der Waals surface area contributed by atoms with E-state index in [1.54, 1.807) is 11.3 Å². The van der Waals surface area contributed by atoms with Crippen LogP contribution in [0.2, 0.25) is 5.02 Å². The molecular formula is C15H14ClFOS. The number of benzene rings is 1. The molecule has 0 amide bonds. The molecule has 1 atom stereocenters. The molecule has 1 N–H and O–H groups in total. The number of rotatable bonds is 3. The topological polar surface area (TPSA) is 20.2 Å². The monoisotopic (exact) mass is 296 g/mol. The molecule has 19 heavy (non-hydrogen) atoms. The summed E-state index contributed by atoms with van der Waals surface area (Å²) in [5.41, 5.74) is 2.02. The Kier molecular flexibility index (Phi) is 3.61. The van der Waals surface area contributed by atoms with Gasteiger partial charge in [-0.25, -0.2) is 4.39 Å². The van der Waals surface area contributed by atoms with Crippen molar-refractivity contribution in [2.75, 3.05) is 0 Å². The van der Waals surface area contributed by atoms with Crippen LogP contribution in [-0.4, -0.2) is 5.11 Å². The Bertz CT molecular complexity index is 587. The predicted octanol–water partition coefficient (Wildman–Crippen LogP) is 4.31. The number of aryl methyl sites for hydroxylation is 2. The van der Waals surface area contributed by atoms with E-state index in [4.69, 9.17) is 11.6 Å². The molecule has 3 rings (SSSR count). The van der Waals surface area contributed by atoms with Crippen molar-refractivity contribution in [3.05, 3.63) is 56.0 Å². The lowest BCUT2D eigenvalue weighted by Crippen LogP contribution is -2.01. The van der Waals surface area contributed by atoms with Gasteiger partial charge in [0.15, 0.2) is 0 Å². The molecule has 2 aromatic rings. The van der Waals surface area contributed by atoms with Crippen LogP contribution in [0.15, 0.2) is 24.3 Å². The van der Waals surface area contributed by atoms with Crippen LogP contribution in [-0.2, 0) is 19.3 Å². The first-order valence-corrected chi connectivity index (χ1v) is 7.56.